The average Bonchev–Trinajstić information content (AvgIpc) is 2.94. The third-order valence-electron chi connectivity index (χ3n) is 4.74. The SMILES string of the molecule is Cc1cc(CN2CCC3CCCCC32)oc1CN. The molecule has 1 saturated carbocycles. The quantitative estimate of drug-likeness (QED) is 0.894. The minimum absolute atomic E-state index is 0.512. The molecule has 100 valence electrons. The maximum absolute atomic E-state index is 5.84. The first-order chi connectivity index (χ1) is 8.78. The molecule has 2 heterocycles. The second kappa shape index (κ2) is 5.06. The van der Waals surface area contributed by atoms with E-state index in [1.807, 2.05) is 0 Å². The molecular weight excluding hydrogens is 224 g/mol. The van der Waals surface area contributed by atoms with Crippen LogP contribution in [0.3, 0.4) is 0 Å². The van der Waals surface area contributed by atoms with Gasteiger partial charge in [-0.2, -0.15) is 0 Å². The summed E-state index contributed by atoms with van der Waals surface area (Å²) >= 11 is 0. The third kappa shape index (κ3) is 2.21. The van der Waals surface area contributed by atoms with E-state index < -0.39 is 0 Å². The zero-order chi connectivity index (χ0) is 12.5. The van der Waals surface area contributed by atoms with Crippen molar-refractivity contribution in [1.29, 1.82) is 0 Å². The summed E-state index contributed by atoms with van der Waals surface area (Å²) in [7, 11) is 0. The molecule has 2 aliphatic rings. The van der Waals surface area contributed by atoms with Gasteiger partial charge in [-0.15, -0.1) is 0 Å². The van der Waals surface area contributed by atoms with Gasteiger partial charge in [0.15, 0.2) is 0 Å². The zero-order valence-electron chi connectivity index (χ0n) is 11.3. The number of fused-ring (bicyclic) bond motifs is 1. The van der Waals surface area contributed by atoms with Gasteiger partial charge in [0, 0.05) is 6.04 Å². The molecule has 0 amide bonds. The van der Waals surface area contributed by atoms with Crippen LogP contribution in [0.1, 0.15) is 49.2 Å². The molecule has 0 radical (unpaired) electrons. The lowest BCUT2D eigenvalue weighted by Crippen LogP contribution is -2.34. The fraction of sp³-hybridized carbons (Fsp3) is 0.733. The lowest BCUT2D eigenvalue weighted by Gasteiger charge is -2.31. The Morgan fingerprint density at radius 3 is 2.94 bits per heavy atom. The van der Waals surface area contributed by atoms with Crippen LogP contribution in [-0.2, 0) is 13.1 Å². The van der Waals surface area contributed by atoms with Crippen molar-refractivity contribution in [1.82, 2.24) is 4.90 Å². The molecule has 0 bridgehead atoms. The van der Waals surface area contributed by atoms with Gasteiger partial charge in [0.05, 0.1) is 13.1 Å². The first-order valence-electron chi connectivity index (χ1n) is 7.30. The first kappa shape index (κ1) is 12.2. The molecule has 1 aliphatic heterocycles. The number of hydrogen-bond acceptors (Lipinski definition) is 3. The van der Waals surface area contributed by atoms with Crippen molar-refractivity contribution in [3.63, 3.8) is 0 Å². The first-order valence-corrected chi connectivity index (χ1v) is 7.30. The maximum atomic E-state index is 5.84. The van der Waals surface area contributed by atoms with Crippen LogP contribution in [-0.4, -0.2) is 17.5 Å². The predicted molar refractivity (Wildman–Crippen MR) is 72.1 cm³/mol. The molecule has 1 aromatic rings. The van der Waals surface area contributed by atoms with E-state index in [2.05, 4.69) is 17.9 Å². The van der Waals surface area contributed by atoms with Crippen molar-refractivity contribution in [2.45, 2.75) is 58.2 Å². The van der Waals surface area contributed by atoms with Crippen LogP contribution in [0.2, 0.25) is 0 Å². The smallest absolute Gasteiger partial charge is 0.120 e. The van der Waals surface area contributed by atoms with Crippen LogP contribution in [0, 0.1) is 12.8 Å². The van der Waals surface area contributed by atoms with Crippen LogP contribution in [0.5, 0.6) is 0 Å². The summed E-state index contributed by atoms with van der Waals surface area (Å²) in [5.41, 5.74) is 6.87. The molecule has 1 aromatic heterocycles. The Morgan fingerprint density at radius 2 is 2.17 bits per heavy atom. The van der Waals surface area contributed by atoms with E-state index in [0.717, 1.165) is 30.0 Å². The monoisotopic (exact) mass is 248 g/mol. The van der Waals surface area contributed by atoms with E-state index in [1.54, 1.807) is 0 Å². The number of nitrogens with zero attached hydrogens (tertiary/aromatic N) is 1. The van der Waals surface area contributed by atoms with E-state index >= 15 is 0 Å². The zero-order valence-corrected chi connectivity index (χ0v) is 11.3. The molecule has 3 rings (SSSR count). The second-order valence-electron chi connectivity index (χ2n) is 5.89. The summed E-state index contributed by atoms with van der Waals surface area (Å²) in [5.74, 6) is 2.99. The predicted octanol–water partition coefficient (Wildman–Crippen LogP) is 2.81. The van der Waals surface area contributed by atoms with Gasteiger partial charge in [-0.3, -0.25) is 4.90 Å². The van der Waals surface area contributed by atoms with E-state index in [1.165, 1.54) is 44.2 Å². The highest BCUT2D eigenvalue weighted by Crippen LogP contribution is 2.37. The van der Waals surface area contributed by atoms with Crippen molar-refractivity contribution in [3.8, 4) is 0 Å². The standard InChI is InChI=1S/C15H24N2O/c1-11-8-13(18-15(11)9-16)10-17-7-6-12-4-2-3-5-14(12)17/h8,12,14H,2-7,9-10,16H2,1H3. The molecule has 0 spiro atoms. The normalized spacial score (nSPS) is 28.6. The van der Waals surface area contributed by atoms with E-state index in [9.17, 15) is 0 Å². The van der Waals surface area contributed by atoms with Crippen molar-refractivity contribution >= 4 is 0 Å². The number of rotatable bonds is 3. The van der Waals surface area contributed by atoms with Crippen molar-refractivity contribution < 1.29 is 4.42 Å². The van der Waals surface area contributed by atoms with Crippen molar-refractivity contribution in [3.05, 3.63) is 23.2 Å². The fourth-order valence-electron chi connectivity index (χ4n) is 3.77. The van der Waals surface area contributed by atoms with E-state index in [0.29, 0.717) is 6.54 Å². The van der Waals surface area contributed by atoms with Gasteiger partial charge in [0.1, 0.15) is 11.5 Å². The number of hydrogen-bond donors (Lipinski definition) is 1. The Labute approximate surface area is 109 Å². The molecule has 3 nitrogen and oxygen atoms in total. The Kier molecular flexibility index (Phi) is 3.44. The third-order valence-corrected chi connectivity index (χ3v) is 4.74. The molecule has 2 atom stereocenters. The molecule has 2 unspecified atom stereocenters. The lowest BCUT2D eigenvalue weighted by atomic mass is 9.85. The topological polar surface area (TPSA) is 42.4 Å². The number of nitrogens with two attached hydrogens (primary N) is 1. The molecule has 3 heteroatoms. The lowest BCUT2D eigenvalue weighted by molar-refractivity contribution is 0.165. The molecule has 2 fully saturated rings. The van der Waals surface area contributed by atoms with Crippen molar-refractivity contribution in [2.75, 3.05) is 6.54 Å². The number of likely N-dealkylation sites (tertiary alicyclic amines) is 1. The van der Waals surface area contributed by atoms with E-state index in [4.69, 9.17) is 10.2 Å². The van der Waals surface area contributed by atoms with Gasteiger partial charge >= 0.3 is 0 Å². The Balaban J connectivity index is 1.68. The molecule has 0 aromatic carbocycles. The summed E-state index contributed by atoms with van der Waals surface area (Å²) < 4.78 is 5.84. The molecule has 18 heavy (non-hydrogen) atoms. The Bertz CT molecular complexity index is 413. The highest BCUT2D eigenvalue weighted by Gasteiger charge is 2.35. The fourth-order valence-corrected chi connectivity index (χ4v) is 3.77. The number of furan rings is 1. The Morgan fingerprint density at radius 1 is 1.33 bits per heavy atom. The van der Waals surface area contributed by atoms with Crippen LogP contribution in [0.25, 0.3) is 0 Å². The van der Waals surface area contributed by atoms with Crippen molar-refractivity contribution in [2.24, 2.45) is 11.7 Å². The summed E-state index contributed by atoms with van der Waals surface area (Å²) in [4.78, 5) is 2.63. The molecule has 1 saturated heterocycles. The summed E-state index contributed by atoms with van der Waals surface area (Å²) in [6.45, 7) is 4.82. The molecular formula is C15H24N2O. The Hall–Kier alpha value is -0.800. The van der Waals surface area contributed by atoms with E-state index in [-0.39, 0.29) is 0 Å². The average molecular weight is 248 g/mol. The maximum Gasteiger partial charge on any atom is 0.120 e. The summed E-state index contributed by atoms with van der Waals surface area (Å²) in [6, 6.07) is 2.98. The van der Waals surface area contributed by atoms with Crippen LogP contribution >= 0.6 is 0 Å². The van der Waals surface area contributed by atoms with Gasteiger partial charge in [-0.1, -0.05) is 12.8 Å². The summed E-state index contributed by atoms with van der Waals surface area (Å²) in [5, 5.41) is 0. The van der Waals surface area contributed by atoms with Gasteiger partial charge in [-0.05, 0) is 50.3 Å². The highest BCUT2D eigenvalue weighted by molar-refractivity contribution is 5.20. The summed E-state index contributed by atoms with van der Waals surface area (Å²) in [6.07, 6.45) is 7.05. The second-order valence-corrected chi connectivity index (χ2v) is 5.89. The van der Waals surface area contributed by atoms with Gasteiger partial charge in [0.25, 0.3) is 0 Å². The molecule has 1 aliphatic carbocycles. The highest BCUT2D eigenvalue weighted by atomic mass is 16.3. The van der Waals surface area contributed by atoms with Crippen LogP contribution in [0.15, 0.2) is 10.5 Å². The minimum Gasteiger partial charge on any atom is -0.463 e. The largest absolute Gasteiger partial charge is 0.463 e. The number of aryl methyl sites for hydroxylation is 1. The van der Waals surface area contributed by atoms with Gasteiger partial charge < -0.3 is 10.2 Å². The van der Waals surface area contributed by atoms with Gasteiger partial charge in [-0.25, -0.2) is 0 Å². The van der Waals surface area contributed by atoms with Crippen LogP contribution < -0.4 is 5.73 Å². The minimum atomic E-state index is 0.512. The molecule has 2 N–H and O–H groups in total. The van der Waals surface area contributed by atoms with Gasteiger partial charge in [0.2, 0.25) is 0 Å². The van der Waals surface area contributed by atoms with Crippen LogP contribution in [0.4, 0.5) is 0 Å².